The number of nitrogens with one attached hydrogen (secondary N) is 2. The molecule has 176 valence electrons. The van der Waals surface area contributed by atoms with Crippen LogP contribution in [0.3, 0.4) is 0 Å². The zero-order valence-corrected chi connectivity index (χ0v) is 19.3. The van der Waals surface area contributed by atoms with Gasteiger partial charge in [-0.3, -0.25) is 14.4 Å². The number of nitrogens with zero attached hydrogens (tertiary/aromatic N) is 1. The fraction of sp³-hybridized carbons (Fsp3) is 0.296. The summed E-state index contributed by atoms with van der Waals surface area (Å²) in [5, 5.41) is 5.92. The second-order valence-electron chi connectivity index (χ2n) is 8.58. The lowest BCUT2D eigenvalue weighted by Gasteiger charge is -2.32. The molecule has 1 aliphatic heterocycles. The first kappa shape index (κ1) is 23.3. The van der Waals surface area contributed by atoms with Gasteiger partial charge in [0.15, 0.2) is 5.76 Å². The van der Waals surface area contributed by atoms with E-state index in [-0.39, 0.29) is 29.5 Å². The minimum Gasteiger partial charge on any atom is -0.459 e. The number of hydrogen-bond acceptors (Lipinski definition) is 4. The van der Waals surface area contributed by atoms with Crippen LogP contribution in [0.15, 0.2) is 71.3 Å². The lowest BCUT2D eigenvalue weighted by Crippen LogP contribution is -2.46. The monoisotopic (exact) mass is 459 g/mol. The third-order valence-corrected chi connectivity index (χ3v) is 6.11. The number of carbonyl (C=O) groups excluding carboxylic acids is 3. The summed E-state index contributed by atoms with van der Waals surface area (Å²) < 4.78 is 5.14. The summed E-state index contributed by atoms with van der Waals surface area (Å²) in [6.45, 7) is 3.02. The van der Waals surface area contributed by atoms with Crippen LogP contribution in [0.2, 0.25) is 0 Å². The summed E-state index contributed by atoms with van der Waals surface area (Å²) in [6, 6.07) is 18.6. The van der Waals surface area contributed by atoms with Crippen LogP contribution in [0.1, 0.15) is 51.3 Å². The first-order chi connectivity index (χ1) is 16.5. The van der Waals surface area contributed by atoms with Gasteiger partial charge in [0.1, 0.15) is 0 Å². The highest BCUT2D eigenvalue weighted by Crippen LogP contribution is 2.21. The van der Waals surface area contributed by atoms with Crippen molar-refractivity contribution in [1.29, 1.82) is 0 Å². The summed E-state index contributed by atoms with van der Waals surface area (Å²) in [5.74, 6) is -0.183. The Kier molecular flexibility index (Phi) is 7.42. The van der Waals surface area contributed by atoms with E-state index >= 15 is 0 Å². The number of amides is 3. The van der Waals surface area contributed by atoms with Crippen LogP contribution >= 0.6 is 0 Å². The molecule has 0 unspecified atom stereocenters. The molecule has 0 atom stereocenters. The maximum Gasteiger partial charge on any atom is 0.291 e. The van der Waals surface area contributed by atoms with Gasteiger partial charge in [-0.05, 0) is 61.6 Å². The topological polar surface area (TPSA) is 91.7 Å². The number of piperidine rings is 1. The molecule has 3 amide bonds. The average Bonchev–Trinajstić information content (AvgIpc) is 3.40. The van der Waals surface area contributed by atoms with Crippen molar-refractivity contribution >= 4 is 23.4 Å². The van der Waals surface area contributed by atoms with Gasteiger partial charge in [-0.2, -0.15) is 0 Å². The van der Waals surface area contributed by atoms with E-state index in [9.17, 15) is 14.4 Å². The van der Waals surface area contributed by atoms with Gasteiger partial charge in [0, 0.05) is 36.8 Å². The van der Waals surface area contributed by atoms with E-state index in [1.807, 2.05) is 43.3 Å². The van der Waals surface area contributed by atoms with Crippen LogP contribution < -0.4 is 10.6 Å². The SMILES string of the molecule is Cc1ccc(C(=O)N2CCC(NC(=O)CCc3ccccc3)CC2)cc1NC(=O)c1ccco1. The Morgan fingerprint density at radius 1 is 1.00 bits per heavy atom. The van der Waals surface area contributed by atoms with Crippen molar-refractivity contribution in [3.63, 3.8) is 0 Å². The molecule has 1 saturated heterocycles. The fourth-order valence-electron chi connectivity index (χ4n) is 4.09. The van der Waals surface area contributed by atoms with Crippen molar-refractivity contribution in [3.05, 3.63) is 89.4 Å². The summed E-state index contributed by atoms with van der Waals surface area (Å²) >= 11 is 0. The summed E-state index contributed by atoms with van der Waals surface area (Å²) in [4.78, 5) is 39.5. The third kappa shape index (κ3) is 5.92. The highest BCUT2D eigenvalue weighted by atomic mass is 16.3. The normalized spacial score (nSPS) is 14.0. The van der Waals surface area contributed by atoms with Gasteiger partial charge in [0.05, 0.1) is 6.26 Å². The molecule has 2 aromatic carbocycles. The number of benzene rings is 2. The zero-order chi connectivity index (χ0) is 23.9. The Morgan fingerprint density at radius 2 is 1.76 bits per heavy atom. The van der Waals surface area contributed by atoms with Crippen molar-refractivity contribution in [2.24, 2.45) is 0 Å². The number of anilines is 1. The molecule has 1 aromatic heterocycles. The van der Waals surface area contributed by atoms with Crippen LogP contribution in [0.4, 0.5) is 5.69 Å². The Morgan fingerprint density at radius 3 is 2.47 bits per heavy atom. The molecular formula is C27H29N3O4. The number of likely N-dealkylation sites (tertiary alicyclic amines) is 1. The van der Waals surface area contributed by atoms with Crippen molar-refractivity contribution in [2.75, 3.05) is 18.4 Å². The van der Waals surface area contributed by atoms with E-state index in [0.29, 0.717) is 30.8 Å². The first-order valence-corrected chi connectivity index (χ1v) is 11.6. The molecule has 1 fully saturated rings. The van der Waals surface area contributed by atoms with Crippen molar-refractivity contribution in [3.8, 4) is 0 Å². The molecule has 7 nitrogen and oxygen atoms in total. The number of hydrogen-bond donors (Lipinski definition) is 2. The predicted octanol–water partition coefficient (Wildman–Crippen LogP) is 4.19. The predicted molar refractivity (Wildman–Crippen MR) is 130 cm³/mol. The minimum absolute atomic E-state index is 0.0455. The van der Waals surface area contributed by atoms with Gasteiger partial charge in [-0.1, -0.05) is 36.4 Å². The lowest BCUT2D eigenvalue weighted by atomic mass is 10.0. The second kappa shape index (κ2) is 10.8. The highest BCUT2D eigenvalue weighted by molar-refractivity contribution is 6.04. The van der Waals surface area contributed by atoms with Crippen molar-refractivity contribution < 1.29 is 18.8 Å². The highest BCUT2D eigenvalue weighted by Gasteiger charge is 2.25. The molecule has 2 heterocycles. The largest absolute Gasteiger partial charge is 0.459 e. The molecule has 1 aliphatic rings. The third-order valence-electron chi connectivity index (χ3n) is 6.11. The molecule has 0 aliphatic carbocycles. The van der Waals surface area contributed by atoms with E-state index < -0.39 is 0 Å². The minimum atomic E-state index is -0.360. The molecule has 4 rings (SSSR count). The van der Waals surface area contributed by atoms with Crippen molar-refractivity contribution in [2.45, 2.75) is 38.6 Å². The van der Waals surface area contributed by atoms with Gasteiger partial charge in [0.2, 0.25) is 5.91 Å². The summed E-state index contributed by atoms with van der Waals surface area (Å²) in [5.41, 5.74) is 3.10. The molecule has 3 aromatic rings. The zero-order valence-electron chi connectivity index (χ0n) is 19.3. The van der Waals surface area contributed by atoms with E-state index in [1.54, 1.807) is 29.2 Å². The Labute approximate surface area is 199 Å². The van der Waals surface area contributed by atoms with Gasteiger partial charge in [-0.25, -0.2) is 0 Å². The number of aryl methyl sites for hydroxylation is 2. The molecular weight excluding hydrogens is 430 g/mol. The van der Waals surface area contributed by atoms with Crippen LogP contribution in [-0.4, -0.2) is 41.8 Å². The van der Waals surface area contributed by atoms with E-state index in [2.05, 4.69) is 10.6 Å². The maximum absolute atomic E-state index is 13.1. The van der Waals surface area contributed by atoms with E-state index in [0.717, 1.165) is 30.4 Å². The smallest absolute Gasteiger partial charge is 0.291 e. The average molecular weight is 460 g/mol. The van der Waals surface area contributed by atoms with Gasteiger partial charge < -0.3 is 20.0 Å². The van der Waals surface area contributed by atoms with Gasteiger partial charge in [0.25, 0.3) is 11.8 Å². The molecule has 7 heteroatoms. The lowest BCUT2D eigenvalue weighted by molar-refractivity contribution is -0.122. The molecule has 0 saturated carbocycles. The van der Waals surface area contributed by atoms with Gasteiger partial charge in [-0.15, -0.1) is 0 Å². The molecule has 0 spiro atoms. The molecule has 2 N–H and O–H groups in total. The van der Waals surface area contributed by atoms with Crippen LogP contribution in [0.25, 0.3) is 0 Å². The van der Waals surface area contributed by atoms with Gasteiger partial charge >= 0.3 is 0 Å². The van der Waals surface area contributed by atoms with E-state index in [4.69, 9.17) is 4.42 Å². The Balaban J connectivity index is 1.28. The Bertz CT molecular complexity index is 1130. The first-order valence-electron chi connectivity index (χ1n) is 11.6. The van der Waals surface area contributed by atoms with Crippen LogP contribution in [-0.2, 0) is 11.2 Å². The maximum atomic E-state index is 13.1. The van der Waals surface area contributed by atoms with E-state index in [1.165, 1.54) is 6.26 Å². The Hall–Kier alpha value is -3.87. The fourth-order valence-corrected chi connectivity index (χ4v) is 4.09. The number of carbonyl (C=O) groups is 3. The molecule has 0 radical (unpaired) electrons. The second-order valence-corrected chi connectivity index (χ2v) is 8.58. The number of rotatable bonds is 7. The summed E-state index contributed by atoms with van der Waals surface area (Å²) in [7, 11) is 0. The van der Waals surface area contributed by atoms with Crippen LogP contribution in [0, 0.1) is 6.92 Å². The standard InChI is InChI=1S/C27H29N3O4/c1-19-9-11-21(18-23(19)29-26(32)24-8-5-17-34-24)27(33)30-15-13-22(14-16-30)28-25(31)12-10-20-6-3-2-4-7-20/h2-9,11,17-18,22H,10,12-16H2,1H3,(H,28,31)(H,29,32). The van der Waals surface area contributed by atoms with Crippen LogP contribution in [0.5, 0.6) is 0 Å². The summed E-state index contributed by atoms with van der Waals surface area (Å²) in [6.07, 6.45) is 4.06. The number of furan rings is 1. The van der Waals surface area contributed by atoms with Crippen molar-refractivity contribution in [1.82, 2.24) is 10.2 Å². The quantitative estimate of drug-likeness (QED) is 0.554. The molecule has 34 heavy (non-hydrogen) atoms. The molecule has 0 bridgehead atoms.